The third kappa shape index (κ3) is 8.25. The van der Waals surface area contributed by atoms with Crippen molar-refractivity contribution < 1.29 is 0 Å². The normalized spacial score (nSPS) is 15.1. The van der Waals surface area contributed by atoms with E-state index >= 15 is 0 Å². The molecule has 0 aromatic rings. The first-order valence-corrected chi connectivity index (χ1v) is 7.52. The van der Waals surface area contributed by atoms with Crippen molar-refractivity contribution in [3.63, 3.8) is 0 Å². The second kappa shape index (κ2) is 10.1. The van der Waals surface area contributed by atoms with Crippen LogP contribution in [0.1, 0.15) is 79.1 Å². The Bertz CT molecular complexity index is 296. The topological polar surface area (TPSA) is 0 Å². The van der Waals surface area contributed by atoms with Crippen molar-refractivity contribution >= 4 is 0 Å². The second-order valence-corrected chi connectivity index (χ2v) is 5.67. The molecule has 0 heterocycles. The summed E-state index contributed by atoms with van der Waals surface area (Å²) in [6.45, 7) is 8.74. The van der Waals surface area contributed by atoms with Gasteiger partial charge < -0.3 is 0 Å². The van der Waals surface area contributed by atoms with Gasteiger partial charge in [0.1, 0.15) is 0 Å². The molecule has 0 amide bonds. The van der Waals surface area contributed by atoms with E-state index in [-0.39, 0.29) is 5.41 Å². The summed E-state index contributed by atoms with van der Waals surface area (Å²) in [5, 5.41) is 0. The molecule has 2 unspecified atom stereocenters. The van der Waals surface area contributed by atoms with Crippen molar-refractivity contribution in [3.8, 4) is 17.8 Å². The molecular formula is C18H29. The van der Waals surface area contributed by atoms with Crippen molar-refractivity contribution in [3.05, 3.63) is 6.42 Å². The highest BCUT2D eigenvalue weighted by Crippen LogP contribution is 2.23. The van der Waals surface area contributed by atoms with Gasteiger partial charge in [0.25, 0.3) is 0 Å². The number of rotatable bonds is 8. The molecule has 0 saturated carbocycles. The van der Waals surface area contributed by atoms with Crippen LogP contribution in [-0.4, -0.2) is 0 Å². The quantitative estimate of drug-likeness (QED) is 0.398. The maximum Gasteiger partial charge on any atom is 0.0900 e. The molecule has 0 fully saturated rings. The summed E-state index contributed by atoms with van der Waals surface area (Å²) in [6, 6.07) is 0. The first-order chi connectivity index (χ1) is 8.58. The Morgan fingerprint density at radius 3 is 2.33 bits per heavy atom. The Labute approximate surface area is 115 Å². The highest BCUT2D eigenvalue weighted by atomic mass is 14.2. The summed E-state index contributed by atoms with van der Waals surface area (Å²) in [4.78, 5) is 0. The van der Waals surface area contributed by atoms with Crippen LogP contribution in [0.4, 0.5) is 0 Å². The predicted molar refractivity (Wildman–Crippen MR) is 80.5 cm³/mol. The molecular weight excluding hydrogens is 216 g/mol. The standard InChI is InChI=1S/C18H29/c1-6-9-11-15-18(5,8-3)16-12-14-17(4)13-10-7-2/h17H,6-7,9-11,13-15H2,1-2,4-5H3. The minimum absolute atomic E-state index is 0.320. The lowest BCUT2D eigenvalue weighted by atomic mass is 9.86. The van der Waals surface area contributed by atoms with Gasteiger partial charge in [-0.15, -0.1) is 5.92 Å². The minimum atomic E-state index is -0.320. The molecule has 0 aliphatic rings. The van der Waals surface area contributed by atoms with E-state index in [1.54, 1.807) is 0 Å². The third-order valence-corrected chi connectivity index (χ3v) is 3.42. The Balaban J connectivity index is 4.15. The van der Waals surface area contributed by atoms with Gasteiger partial charge in [0, 0.05) is 6.42 Å². The van der Waals surface area contributed by atoms with Gasteiger partial charge in [-0.05, 0) is 32.1 Å². The predicted octanol–water partition coefficient (Wildman–Crippen LogP) is 5.38. The zero-order chi connectivity index (χ0) is 13.9. The van der Waals surface area contributed by atoms with Crippen LogP contribution < -0.4 is 0 Å². The van der Waals surface area contributed by atoms with E-state index in [0.29, 0.717) is 5.92 Å². The molecule has 1 radical (unpaired) electrons. The van der Waals surface area contributed by atoms with Gasteiger partial charge in [0.2, 0.25) is 0 Å². The van der Waals surface area contributed by atoms with E-state index in [0.717, 1.165) is 19.3 Å². The largest absolute Gasteiger partial charge is 0.101 e. The molecule has 0 N–H and O–H groups in total. The zero-order valence-electron chi connectivity index (χ0n) is 12.7. The van der Waals surface area contributed by atoms with Gasteiger partial charge in [0.15, 0.2) is 0 Å². The van der Waals surface area contributed by atoms with Gasteiger partial charge in [-0.25, -0.2) is 0 Å². The molecule has 18 heavy (non-hydrogen) atoms. The Hall–Kier alpha value is -0.880. The Kier molecular flexibility index (Phi) is 9.59. The van der Waals surface area contributed by atoms with Crippen molar-refractivity contribution in [2.24, 2.45) is 11.3 Å². The molecule has 0 heteroatoms. The maximum atomic E-state index is 7.44. The summed E-state index contributed by atoms with van der Waals surface area (Å²) in [5.41, 5.74) is -0.320. The van der Waals surface area contributed by atoms with E-state index in [1.807, 2.05) is 6.92 Å². The molecule has 0 bridgehead atoms. The fourth-order valence-electron chi connectivity index (χ4n) is 1.96. The highest BCUT2D eigenvalue weighted by molar-refractivity contribution is 5.21. The molecule has 0 aromatic carbocycles. The molecule has 2 atom stereocenters. The maximum absolute atomic E-state index is 7.44. The second-order valence-electron chi connectivity index (χ2n) is 5.67. The van der Waals surface area contributed by atoms with Gasteiger partial charge in [-0.2, -0.15) is 0 Å². The highest BCUT2D eigenvalue weighted by Gasteiger charge is 2.17. The molecule has 0 nitrogen and oxygen atoms in total. The lowest BCUT2D eigenvalue weighted by Crippen LogP contribution is -2.10. The van der Waals surface area contributed by atoms with Crippen LogP contribution >= 0.6 is 0 Å². The summed E-state index contributed by atoms with van der Waals surface area (Å²) in [7, 11) is 0. The molecule has 0 saturated heterocycles. The van der Waals surface area contributed by atoms with Crippen LogP contribution in [0.15, 0.2) is 0 Å². The van der Waals surface area contributed by atoms with Crippen LogP contribution in [-0.2, 0) is 0 Å². The monoisotopic (exact) mass is 245 g/mol. The summed E-state index contributed by atoms with van der Waals surface area (Å²) in [5.74, 6) is 9.86. The first-order valence-electron chi connectivity index (χ1n) is 7.52. The van der Waals surface area contributed by atoms with Crippen molar-refractivity contribution in [1.29, 1.82) is 0 Å². The summed E-state index contributed by atoms with van der Waals surface area (Å²) < 4.78 is 0. The van der Waals surface area contributed by atoms with Crippen LogP contribution in [0.3, 0.4) is 0 Å². The van der Waals surface area contributed by atoms with E-state index in [2.05, 4.69) is 38.5 Å². The van der Waals surface area contributed by atoms with Crippen LogP contribution in [0, 0.1) is 35.5 Å². The van der Waals surface area contributed by atoms with Gasteiger partial charge >= 0.3 is 0 Å². The van der Waals surface area contributed by atoms with Crippen molar-refractivity contribution in [2.45, 2.75) is 79.1 Å². The average molecular weight is 245 g/mol. The third-order valence-electron chi connectivity index (χ3n) is 3.42. The average Bonchev–Trinajstić information content (AvgIpc) is 2.36. The zero-order valence-corrected chi connectivity index (χ0v) is 12.7. The van der Waals surface area contributed by atoms with Crippen LogP contribution in [0.25, 0.3) is 0 Å². The summed E-state index contributed by atoms with van der Waals surface area (Å²) in [6.07, 6.45) is 16.8. The van der Waals surface area contributed by atoms with Crippen LogP contribution in [0.2, 0.25) is 0 Å². The van der Waals surface area contributed by atoms with Crippen molar-refractivity contribution in [1.82, 2.24) is 0 Å². The smallest absolute Gasteiger partial charge is 0.0900 e. The molecule has 101 valence electrons. The molecule has 0 spiro atoms. The molecule has 0 rings (SSSR count). The molecule has 0 aliphatic carbocycles. The minimum Gasteiger partial charge on any atom is -0.101 e. The van der Waals surface area contributed by atoms with Gasteiger partial charge in [-0.1, -0.05) is 64.7 Å². The number of unbranched alkanes of at least 4 members (excludes halogenated alkanes) is 3. The lowest BCUT2D eigenvalue weighted by Gasteiger charge is -2.16. The fourth-order valence-corrected chi connectivity index (χ4v) is 1.96. The fraction of sp³-hybridized carbons (Fsp3) is 0.778. The van der Waals surface area contributed by atoms with Gasteiger partial charge in [0.05, 0.1) is 5.41 Å². The first kappa shape index (κ1) is 17.1. The van der Waals surface area contributed by atoms with Crippen LogP contribution in [0.5, 0.6) is 0 Å². The number of hydrogen-bond donors (Lipinski definition) is 0. The molecule has 0 aromatic heterocycles. The van der Waals surface area contributed by atoms with E-state index in [9.17, 15) is 0 Å². The van der Waals surface area contributed by atoms with Gasteiger partial charge in [-0.3, -0.25) is 0 Å². The van der Waals surface area contributed by atoms with E-state index in [4.69, 9.17) is 6.42 Å². The van der Waals surface area contributed by atoms with E-state index in [1.165, 1.54) is 32.1 Å². The summed E-state index contributed by atoms with van der Waals surface area (Å²) >= 11 is 0. The Morgan fingerprint density at radius 2 is 1.78 bits per heavy atom. The van der Waals surface area contributed by atoms with Crippen molar-refractivity contribution in [2.75, 3.05) is 0 Å². The Morgan fingerprint density at radius 1 is 1.11 bits per heavy atom. The SMILES string of the molecule is [C]#CC(C)(C#CCC(C)CCCC)CCCCC. The number of hydrogen-bond acceptors (Lipinski definition) is 0. The molecule has 0 aliphatic heterocycles. The van der Waals surface area contributed by atoms with E-state index < -0.39 is 0 Å². The lowest BCUT2D eigenvalue weighted by molar-refractivity contribution is 0.494.